The maximum Gasteiger partial charge on any atom is 0.293 e. The fourth-order valence-corrected chi connectivity index (χ4v) is 2.95. The molecule has 1 aromatic carbocycles. The normalized spacial score (nSPS) is 10.9. The molecule has 3 aromatic heterocycles. The second-order valence-electron chi connectivity index (χ2n) is 4.89. The second kappa shape index (κ2) is 6.51. The van der Waals surface area contributed by atoms with Crippen LogP contribution < -0.4 is 4.74 Å². The quantitative estimate of drug-likeness (QED) is 0.485. The van der Waals surface area contributed by atoms with Gasteiger partial charge in [-0.3, -0.25) is 0 Å². The lowest BCUT2D eigenvalue weighted by Gasteiger charge is -2.05. The molecule has 4 aromatic rings. The van der Waals surface area contributed by atoms with Gasteiger partial charge in [-0.2, -0.15) is 4.98 Å². The molecule has 4 rings (SSSR count). The summed E-state index contributed by atoms with van der Waals surface area (Å²) in [5.74, 6) is 2.63. The van der Waals surface area contributed by atoms with Crippen LogP contribution in [0.1, 0.15) is 5.76 Å². The van der Waals surface area contributed by atoms with Crippen molar-refractivity contribution >= 4 is 22.9 Å². The van der Waals surface area contributed by atoms with Crippen LogP contribution in [0.4, 0.5) is 0 Å². The summed E-state index contributed by atoms with van der Waals surface area (Å²) in [6.45, 7) is 0.260. The Kier molecular flexibility index (Phi) is 4.06. The highest BCUT2D eigenvalue weighted by molar-refractivity contribution is 7.13. The van der Waals surface area contributed by atoms with E-state index in [0.717, 1.165) is 4.88 Å². The summed E-state index contributed by atoms with van der Waals surface area (Å²) < 4.78 is 16.6. The number of benzene rings is 1. The van der Waals surface area contributed by atoms with Crippen molar-refractivity contribution in [2.75, 3.05) is 0 Å². The number of thiophene rings is 1. The molecule has 0 aliphatic carbocycles. The molecule has 0 unspecified atom stereocenters. The van der Waals surface area contributed by atoms with E-state index in [1.165, 1.54) is 0 Å². The first-order valence-electron chi connectivity index (χ1n) is 7.13. The fourth-order valence-electron chi connectivity index (χ4n) is 2.11. The zero-order chi connectivity index (χ0) is 16.4. The van der Waals surface area contributed by atoms with Gasteiger partial charge >= 0.3 is 0 Å². The molecule has 0 fully saturated rings. The maximum absolute atomic E-state index is 6.06. The third-order valence-corrected chi connectivity index (χ3v) is 4.42. The van der Waals surface area contributed by atoms with Gasteiger partial charge in [0.2, 0.25) is 5.82 Å². The molecule has 5 nitrogen and oxygen atoms in total. The summed E-state index contributed by atoms with van der Waals surface area (Å²) in [5.41, 5.74) is 0. The molecule has 0 atom stereocenters. The molecule has 24 heavy (non-hydrogen) atoms. The van der Waals surface area contributed by atoms with Crippen molar-refractivity contribution in [3.05, 3.63) is 64.7 Å². The van der Waals surface area contributed by atoms with Crippen molar-refractivity contribution in [3.8, 4) is 28.1 Å². The standard InChI is InChI=1S/C17H11ClN2O3S/c18-12-4-1-2-5-13(12)21-10-11-7-8-14(22-11)17-19-16(20-23-17)15-6-3-9-24-15/h1-9H,10H2. The summed E-state index contributed by atoms with van der Waals surface area (Å²) in [7, 11) is 0. The van der Waals surface area contributed by atoms with Crippen molar-refractivity contribution in [1.29, 1.82) is 0 Å². The number of rotatable bonds is 5. The Bertz CT molecular complexity index is 946. The van der Waals surface area contributed by atoms with Gasteiger partial charge in [0, 0.05) is 0 Å². The number of furan rings is 1. The Balaban J connectivity index is 1.48. The first-order chi connectivity index (χ1) is 11.8. The number of para-hydroxylation sites is 1. The van der Waals surface area contributed by atoms with Crippen LogP contribution in [0.25, 0.3) is 22.4 Å². The minimum absolute atomic E-state index is 0.260. The Hall–Kier alpha value is -2.57. The maximum atomic E-state index is 6.06. The molecule has 0 saturated heterocycles. The monoisotopic (exact) mass is 358 g/mol. The molecule has 0 radical (unpaired) electrons. The van der Waals surface area contributed by atoms with E-state index < -0.39 is 0 Å². The van der Waals surface area contributed by atoms with E-state index in [-0.39, 0.29) is 6.61 Å². The lowest BCUT2D eigenvalue weighted by atomic mass is 10.3. The highest BCUT2D eigenvalue weighted by Gasteiger charge is 2.15. The number of nitrogens with zero attached hydrogens (tertiary/aromatic N) is 2. The van der Waals surface area contributed by atoms with Gasteiger partial charge in [-0.1, -0.05) is 35.0 Å². The number of aromatic nitrogens is 2. The summed E-state index contributed by atoms with van der Waals surface area (Å²) in [4.78, 5) is 5.29. The molecule has 3 heterocycles. The van der Waals surface area contributed by atoms with Gasteiger partial charge in [0.15, 0.2) is 5.76 Å². The largest absolute Gasteiger partial charge is 0.484 e. The lowest BCUT2D eigenvalue weighted by Crippen LogP contribution is -1.93. The first-order valence-corrected chi connectivity index (χ1v) is 8.39. The van der Waals surface area contributed by atoms with Crippen molar-refractivity contribution in [1.82, 2.24) is 10.1 Å². The highest BCUT2D eigenvalue weighted by atomic mass is 35.5. The van der Waals surface area contributed by atoms with Crippen molar-refractivity contribution in [3.63, 3.8) is 0 Å². The molecule has 0 saturated carbocycles. The smallest absolute Gasteiger partial charge is 0.293 e. The third kappa shape index (κ3) is 3.06. The lowest BCUT2D eigenvalue weighted by molar-refractivity contribution is 0.270. The van der Waals surface area contributed by atoms with Gasteiger partial charge in [-0.05, 0) is 35.7 Å². The fraction of sp³-hybridized carbons (Fsp3) is 0.0588. The summed E-state index contributed by atoms with van der Waals surface area (Å²) >= 11 is 7.60. The average molecular weight is 359 g/mol. The zero-order valence-corrected chi connectivity index (χ0v) is 13.9. The number of halogens is 1. The zero-order valence-electron chi connectivity index (χ0n) is 12.3. The summed E-state index contributed by atoms with van der Waals surface area (Å²) in [6, 6.07) is 14.7. The van der Waals surface area contributed by atoms with Crippen LogP contribution in [0.15, 0.2) is 62.9 Å². The molecule has 7 heteroatoms. The molecule has 0 spiro atoms. The van der Waals surface area contributed by atoms with E-state index in [0.29, 0.717) is 34.0 Å². The third-order valence-electron chi connectivity index (χ3n) is 3.25. The number of ether oxygens (including phenoxy) is 1. The Morgan fingerprint density at radius 1 is 1.08 bits per heavy atom. The molecule has 0 bridgehead atoms. The van der Waals surface area contributed by atoms with E-state index >= 15 is 0 Å². The van der Waals surface area contributed by atoms with Gasteiger partial charge in [0.05, 0.1) is 9.90 Å². The minimum Gasteiger partial charge on any atom is -0.484 e. The van der Waals surface area contributed by atoms with E-state index in [2.05, 4.69) is 10.1 Å². The molecule has 0 aliphatic rings. The summed E-state index contributed by atoms with van der Waals surface area (Å²) in [5, 5.41) is 6.48. The molecule has 0 N–H and O–H groups in total. The second-order valence-corrected chi connectivity index (χ2v) is 6.24. The molecule has 120 valence electrons. The Morgan fingerprint density at radius 3 is 2.83 bits per heavy atom. The van der Waals surface area contributed by atoms with Crippen LogP contribution in [0, 0.1) is 0 Å². The van der Waals surface area contributed by atoms with Gasteiger partial charge in [-0.15, -0.1) is 11.3 Å². The molecule has 0 amide bonds. The molecule has 0 aliphatic heterocycles. The van der Waals surface area contributed by atoms with Crippen molar-refractivity contribution < 1.29 is 13.7 Å². The SMILES string of the molecule is Clc1ccccc1OCc1ccc(-c2nc(-c3cccs3)no2)o1. The predicted molar refractivity (Wildman–Crippen MR) is 91.1 cm³/mol. The van der Waals surface area contributed by atoms with Crippen LogP contribution in [-0.4, -0.2) is 10.1 Å². The van der Waals surface area contributed by atoms with Crippen LogP contribution in [0.3, 0.4) is 0 Å². The van der Waals surface area contributed by atoms with E-state index in [9.17, 15) is 0 Å². The van der Waals surface area contributed by atoms with Crippen LogP contribution in [-0.2, 0) is 6.61 Å². The van der Waals surface area contributed by atoms with Gasteiger partial charge in [0.1, 0.15) is 18.1 Å². The Labute approximate surface area is 146 Å². The summed E-state index contributed by atoms with van der Waals surface area (Å²) in [6.07, 6.45) is 0. The number of hydrogen-bond donors (Lipinski definition) is 0. The average Bonchev–Trinajstić information content (AvgIpc) is 3.33. The topological polar surface area (TPSA) is 61.3 Å². The van der Waals surface area contributed by atoms with Gasteiger partial charge < -0.3 is 13.7 Å². The van der Waals surface area contributed by atoms with Crippen LogP contribution in [0.2, 0.25) is 5.02 Å². The van der Waals surface area contributed by atoms with Crippen LogP contribution >= 0.6 is 22.9 Å². The predicted octanol–water partition coefficient (Wildman–Crippen LogP) is 5.29. The van der Waals surface area contributed by atoms with Gasteiger partial charge in [0.25, 0.3) is 5.89 Å². The van der Waals surface area contributed by atoms with Crippen molar-refractivity contribution in [2.24, 2.45) is 0 Å². The first kappa shape index (κ1) is 15.0. The van der Waals surface area contributed by atoms with E-state index in [4.69, 9.17) is 25.3 Å². The van der Waals surface area contributed by atoms with E-state index in [1.807, 2.05) is 29.6 Å². The Morgan fingerprint density at radius 2 is 2.00 bits per heavy atom. The highest BCUT2D eigenvalue weighted by Crippen LogP contribution is 2.28. The van der Waals surface area contributed by atoms with Crippen LogP contribution in [0.5, 0.6) is 5.75 Å². The molecular formula is C17H11ClN2O3S. The van der Waals surface area contributed by atoms with Gasteiger partial charge in [-0.25, -0.2) is 0 Å². The number of hydrogen-bond acceptors (Lipinski definition) is 6. The minimum atomic E-state index is 0.260. The van der Waals surface area contributed by atoms with E-state index in [1.54, 1.807) is 35.6 Å². The van der Waals surface area contributed by atoms with Crippen molar-refractivity contribution in [2.45, 2.75) is 6.61 Å². The molecular weight excluding hydrogens is 348 g/mol.